The Morgan fingerprint density at radius 3 is 2.34 bits per heavy atom. The van der Waals surface area contributed by atoms with Gasteiger partial charge in [0.25, 0.3) is 0 Å². The minimum atomic E-state index is -1.64. The minimum Gasteiger partial charge on any atom is -0.394 e. The summed E-state index contributed by atoms with van der Waals surface area (Å²) in [5.41, 5.74) is -1.99. The molecule has 1 saturated heterocycles. The lowest BCUT2D eigenvalue weighted by molar-refractivity contribution is -0.179. The highest BCUT2D eigenvalue weighted by Crippen LogP contribution is 2.47. The average Bonchev–Trinajstić information content (AvgIpc) is 3.33. The standard InChI is InChI=1S/C25H27F4N3O5S/c1-11-13(5-4-6-14(11)26)23(25(2,3)36)38-24-22(35)20(21(34)18(10-33)37-24)32-9-17(30-31-32)12-7-15(27)19(29)16(28)8-12/h4-9,18,20-24,33-36H,10H2,1-3H3/t18-,20+,21+,22-,23+,24+/m1/s1. The Morgan fingerprint density at radius 2 is 1.74 bits per heavy atom. The Bertz CT molecular complexity index is 1280. The molecule has 4 rings (SSSR count). The minimum absolute atomic E-state index is 0.0665. The Kier molecular flexibility index (Phi) is 8.17. The molecule has 0 spiro atoms. The molecule has 0 aliphatic carbocycles. The van der Waals surface area contributed by atoms with Gasteiger partial charge in [0.15, 0.2) is 17.5 Å². The van der Waals surface area contributed by atoms with E-state index < -0.39 is 70.5 Å². The second kappa shape index (κ2) is 10.9. The number of halogens is 4. The van der Waals surface area contributed by atoms with Crippen molar-refractivity contribution in [1.82, 2.24) is 15.0 Å². The van der Waals surface area contributed by atoms with E-state index in [2.05, 4.69) is 10.3 Å². The molecule has 206 valence electrons. The van der Waals surface area contributed by atoms with Crippen molar-refractivity contribution in [1.29, 1.82) is 0 Å². The first-order valence-electron chi connectivity index (χ1n) is 11.7. The number of aliphatic hydroxyl groups is 4. The number of hydrogen-bond acceptors (Lipinski definition) is 8. The van der Waals surface area contributed by atoms with Gasteiger partial charge >= 0.3 is 0 Å². The van der Waals surface area contributed by atoms with Crippen LogP contribution in [0.2, 0.25) is 0 Å². The van der Waals surface area contributed by atoms with E-state index in [9.17, 15) is 38.0 Å². The van der Waals surface area contributed by atoms with E-state index in [1.54, 1.807) is 13.0 Å². The van der Waals surface area contributed by atoms with Crippen LogP contribution in [-0.2, 0) is 4.74 Å². The molecular formula is C25H27F4N3O5S. The van der Waals surface area contributed by atoms with Crippen LogP contribution in [0, 0.1) is 30.2 Å². The molecule has 0 radical (unpaired) electrons. The Hall–Kier alpha value is -2.55. The highest BCUT2D eigenvalue weighted by molar-refractivity contribution is 8.00. The third kappa shape index (κ3) is 5.44. The zero-order valence-corrected chi connectivity index (χ0v) is 21.4. The predicted molar refractivity (Wildman–Crippen MR) is 130 cm³/mol. The molecule has 38 heavy (non-hydrogen) atoms. The molecule has 8 nitrogen and oxygen atoms in total. The van der Waals surface area contributed by atoms with E-state index in [4.69, 9.17) is 4.74 Å². The molecule has 4 N–H and O–H groups in total. The molecule has 0 amide bonds. The molecule has 0 unspecified atom stereocenters. The first kappa shape index (κ1) is 28.5. The van der Waals surface area contributed by atoms with Crippen molar-refractivity contribution in [2.45, 2.75) is 61.4 Å². The molecule has 1 aromatic heterocycles. The van der Waals surface area contributed by atoms with E-state index in [-0.39, 0.29) is 11.3 Å². The molecule has 1 aliphatic rings. The lowest BCUT2D eigenvalue weighted by Crippen LogP contribution is -2.55. The van der Waals surface area contributed by atoms with Gasteiger partial charge in [-0.2, -0.15) is 0 Å². The fourth-order valence-electron chi connectivity index (χ4n) is 4.41. The van der Waals surface area contributed by atoms with Gasteiger partial charge in [-0.05, 0) is 50.1 Å². The maximum Gasteiger partial charge on any atom is 0.194 e. The SMILES string of the molecule is Cc1c(F)cccc1[C@H](S[C@@H]1O[C@H](CO)[C@H](O)[C@H](n2cc(-c3cc(F)c(F)c(F)c3)nn2)[C@H]1O)C(C)(C)O. The summed E-state index contributed by atoms with van der Waals surface area (Å²) in [7, 11) is 0. The Morgan fingerprint density at radius 1 is 1.08 bits per heavy atom. The van der Waals surface area contributed by atoms with Crippen molar-refractivity contribution in [3.8, 4) is 11.3 Å². The summed E-state index contributed by atoms with van der Waals surface area (Å²) in [6.45, 7) is 3.96. The second-order valence-corrected chi connectivity index (χ2v) is 10.9. The smallest absolute Gasteiger partial charge is 0.194 e. The van der Waals surface area contributed by atoms with E-state index in [0.717, 1.165) is 28.6 Å². The summed E-state index contributed by atoms with van der Waals surface area (Å²) in [5, 5.41) is 49.8. The van der Waals surface area contributed by atoms with Crippen LogP contribution in [0.15, 0.2) is 36.5 Å². The van der Waals surface area contributed by atoms with Crippen molar-refractivity contribution in [2.24, 2.45) is 0 Å². The van der Waals surface area contributed by atoms with Gasteiger partial charge in [-0.15, -0.1) is 16.9 Å². The molecule has 3 aromatic rings. The van der Waals surface area contributed by atoms with Gasteiger partial charge in [0.2, 0.25) is 0 Å². The molecule has 0 bridgehead atoms. The number of aromatic nitrogens is 3. The highest BCUT2D eigenvalue weighted by atomic mass is 32.2. The van der Waals surface area contributed by atoms with E-state index in [1.165, 1.54) is 32.2 Å². The van der Waals surface area contributed by atoms with Crippen molar-refractivity contribution < 1.29 is 42.7 Å². The molecular weight excluding hydrogens is 530 g/mol. The summed E-state index contributed by atoms with van der Waals surface area (Å²) in [6, 6.07) is 4.64. The van der Waals surface area contributed by atoms with Gasteiger partial charge in [0.05, 0.1) is 23.7 Å². The van der Waals surface area contributed by atoms with Crippen LogP contribution in [0.1, 0.15) is 36.3 Å². The van der Waals surface area contributed by atoms with Gasteiger partial charge in [-0.25, -0.2) is 22.2 Å². The van der Waals surface area contributed by atoms with Crippen LogP contribution < -0.4 is 0 Å². The van der Waals surface area contributed by atoms with Crippen LogP contribution in [-0.4, -0.2) is 71.4 Å². The zero-order chi connectivity index (χ0) is 27.9. The van der Waals surface area contributed by atoms with Crippen molar-refractivity contribution in [2.75, 3.05) is 6.61 Å². The molecule has 1 fully saturated rings. The first-order valence-corrected chi connectivity index (χ1v) is 12.6. The number of aliphatic hydroxyl groups excluding tert-OH is 3. The maximum absolute atomic E-state index is 14.3. The first-order chi connectivity index (χ1) is 17.8. The molecule has 1 aliphatic heterocycles. The maximum atomic E-state index is 14.3. The summed E-state index contributed by atoms with van der Waals surface area (Å²) < 4.78 is 62.0. The van der Waals surface area contributed by atoms with Crippen LogP contribution in [0.3, 0.4) is 0 Å². The van der Waals surface area contributed by atoms with Crippen LogP contribution in [0.5, 0.6) is 0 Å². The average molecular weight is 558 g/mol. The normalized spacial score (nSPS) is 25.0. The van der Waals surface area contributed by atoms with Gasteiger partial charge in [-0.1, -0.05) is 17.3 Å². The predicted octanol–water partition coefficient (Wildman–Crippen LogP) is 3.04. The number of thioether (sulfide) groups is 1. The fraction of sp³-hybridized carbons (Fsp3) is 0.440. The van der Waals surface area contributed by atoms with Crippen LogP contribution in [0.4, 0.5) is 17.6 Å². The van der Waals surface area contributed by atoms with Crippen molar-refractivity contribution >= 4 is 11.8 Å². The molecule has 6 atom stereocenters. The van der Waals surface area contributed by atoms with Crippen LogP contribution in [0.25, 0.3) is 11.3 Å². The Balaban J connectivity index is 1.68. The van der Waals surface area contributed by atoms with Crippen molar-refractivity contribution in [3.05, 3.63) is 70.9 Å². The molecule has 2 heterocycles. The summed E-state index contributed by atoms with van der Waals surface area (Å²) in [4.78, 5) is 0. The van der Waals surface area contributed by atoms with E-state index in [0.29, 0.717) is 11.1 Å². The topological polar surface area (TPSA) is 121 Å². The monoisotopic (exact) mass is 557 g/mol. The van der Waals surface area contributed by atoms with Gasteiger partial charge in [0.1, 0.15) is 41.3 Å². The largest absolute Gasteiger partial charge is 0.394 e. The van der Waals surface area contributed by atoms with Crippen molar-refractivity contribution in [3.63, 3.8) is 0 Å². The molecule has 2 aromatic carbocycles. The number of hydrogen-bond donors (Lipinski definition) is 4. The number of benzene rings is 2. The van der Waals surface area contributed by atoms with E-state index in [1.807, 2.05) is 0 Å². The quantitative estimate of drug-likeness (QED) is 0.259. The van der Waals surface area contributed by atoms with Crippen LogP contribution >= 0.6 is 11.8 Å². The number of ether oxygens (including phenoxy) is 1. The summed E-state index contributed by atoms with van der Waals surface area (Å²) >= 11 is 0.971. The summed E-state index contributed by atoms with van der Waals surface area (Å²) in [6.07, 6.45) is -2.97. The lowest BCUT2D eigenvalue weighted by atomic mass is 9.94. The lowest BCUT2D eigenvalue weighted by Gasteiger charge is -2.44. The third-order valence-corrected chi connectivity index (χ3v) is 8.21. The number of rotatable bonds is 7. The zero-order valence-electron chi connectivity index (χ0n) is 20.6. The molecule has 0 saturated carbocycles. The number of nitrogens with zero attached hydrogens (tertiary/aromatic N) is 3. The van der Waals surface area contributed by atoms with Gasteiger partial charge in [-0.3, -0.25) is 0 Å². The highest BCUT2D eigenvalue weighted by Gasteiger charge is 2.48. The Labute approximate surface area is 219 Å². The van der Waals surface area contributed by atoms with Gasteiger partial charge < -0.3 is 25.2 Å². The van der Waals surface area contributed by atoms with Gasteiger partial charge in [0, 0.05) is 5.56 Å². The van der Waals surface area contributed by atoms with E-state index >= 15 is 0 Å². The second-order valence-electron chi connectivity index (χ2n) is 9.66. The summed E-state index contributed by atoms with van der Waals surface area (Å²) in [5.74, 6) is -4.98. The third-order valence-electron chi connectivity index (χ3n) is 6.45. The fourth-order valence-corrected chi connectivity index (χ4v) is 5.95. The molecule has 13 heteroatoms.